The first-order valence-electron chi connectivity index (χ1n) is 10.5. The Labute approximate surface area is 201 Å². The fourth-order valence-corrected chi connectivity index (χ4v) is 4.78. The van der Waals surface area contributed by atoms with Crippen LogP contribution in [0.25, 0.3) is 16.9 Å². The van der Waals surface area contributed by atoms with Gasteiger partial charge in [-0.3, -0.25) is 9.36 Å². The van der Waals surface area contributed by atoms with Crippen LogP contribution in [0.4, 0.5) is 0 Å². The summed E-state index contributed by atoms with van der Waals surface area (Å²) in [5.74, 6) is 1.79. The molecule has 0 aliphatic carbocycles. The molecule has 2 heterocycles. The molecular weight excluding hydrogens is 454 g/mol. The number of benzene rings is 2. The first-order chi connectivity index (χ1) is 16.0. The molecule has 0 bridgehead atoms. The van der Waals surface area contributed by atoms with Gasteiger partial charge in [-0.25, -0.2) is 4.98 Å². The Morgan fingerprint density at radius 3 is 2.52 bits per heavy atom. The summed E-state index contributed by atoms with van der Waals surface area (Å²) in [7, 11) is 1.64. The number of ether oxygens (including phenoxy) is 1. The van der Waals surface area contributed by atoms with E-state index in [2.05, 4.69) is 50.1 Å². The fourth-order valence-electron chi connectivity index (χ4n) is 3.33. The van der Waals surface area contributed by atoms with Gasteiger partial charge in [-0.15, -0.1) is 21.5 Å². The zero-order chi connectivity index (χ0) is 23.2. The van der Waals surface area contributed by atoms with E-state index in [0.717, 1.165) is 39.9 Å². The van der Waals surface area contributed by atoms with Gasteiger partial charge in [0, 0.05) is 23.2 Å². The number of aromatic nitrogens is 4. The van der Waals surface area contributed by atoms with Gasteiger partial charge < -0.3 is 10.1 Å². The molecule has 4 aromatic rings. The van der Waals surface area contributed by atoms with E-state index in [1.54, 1.807) is 18.4 Å². The van der Waals surface area contributed by atoms with Gasteiger partial charge in [-0.05, 0) is 50.1 Å². The third-order valence-corrected chi connectivity index (χ3v) is 6.77. The number of thioether (sulfide) groups is 1. The summed E-state index contributed by atoms with van der Waals surface area (Å²) >= 11 is 3.02. The van der Waals surface area contributed by atoms with E-state index in [1.165, 1.54) is 17.3 Å². The largest absolute Gasteiger partial charge is 0.497 e. The number of hydrogen-bond acceptors (Lipinski definition) is 7. The molecule has 170 valence electrons. The summed E-state index contributed by atoms with van der Waals surface area (Å²) in [5.41, 5.74) is 4.22. The molecule has 0 atom stereocenters. The number of nitrogens with one attached hydrogen (secondary N) is 1. The van der Waals surface area contributed by atoms with Gasteiger partial charge in [-0.2, -0.15) is 0 Å². The summed E-state index contributed by atoms with van der Waals surface area (Å²) in [6, 6.07) is 16.0. The number of nitrogens with zero attached hydrogens (tertiary/aromatic N) is 4. The van der Waals surface area contributed by atoms with Crippen LogP contribution in [-0.4, -0.2) is 45.1 Å². The molecule has 1 amide bonds. The van der Waals surface area contributed by atoms with E-state index in [1.807, 2.05) is 42.7 Å². The molecule has 0 radical (unpaired) electrons. The SMILES string of the molecule is COc1ccc(-n2c(C)nnc2SCC(=O)NCCc2ccc(-c3csc(C)n3)cc2)cc1. The van der Waals surface area contributed by atoms with Crippen LogP contribution in [0.15, 0.2) is 59.1 Å². The molecular formula is C24H25N5O2S2. The Bertz CT molecular complexity index is 1220. The topological polar surface area (TPSA) is 81.9 Å². The van der Waals surface area contributed by atoms with Crippen LogP contribution in [0.2, 0.25) is 0 Å². The van der Waals surface area contributed by atoms with E-state index in [0.29, 0.717) is 11.7 Å². The smallest absolute Gasteiger partial charge is 0.230 e. The zero-order valence-corrected chi connectivity index (χ0v) is 20.4. The predicted molar refractivity (Wildman–Crippen MR) is 132 cm³/mol. The van der Waals surface area contributed by atoms with Crippen molar-refractivity contribution < 1.29 is 9.53 Å². The van der Waals surface area contributed by atoms with Crippen LogP contribution in [0.1, 0.15) is 16.4 Å². The maximum atomic E-state index is 12.4. The van der Waals surface area contributed by atoms with Gasteiger partial charge in [0.25, 0.3) is 0 Å². The highest BCUT2D eigenvalue weighted by atomic mass is 32.2. The third-order valence-electron chi connectivity index (χ3n) is 5.06. The van der Waals surface area contributed by atoms with Crippen molar-refractivity contribution in [3.63, 3.8) is 0 Å². The molecule has 0 unspecified atom stereocenters. The number of hydrogen-bond donors (Lipinski definition) is 1. The molecule has 2 aromatic heterocycles. The minimum atomic E-state index is -0.0310. The second-order valence-electron chi connectivity index (χ2n) is 7.40. The van der Waals surface area contributed by atoms with Crippen molar-refractivity contribution in [2.75, 3.05) is 19.4 Å². The van der Waals surface area contributed by atoms with Crippen LogP contribution in [0.3, 0.4) is 0 Å². The molecule has 33 heavy (non-hydrogen) atoms. The average Bonchev–Trinajstić information content (AvgIpc) is 3.43. The van der Waals surface area contributed by atoms with Gasteiger partial charge >= 0.3 is 0 Å². The first-order valence-corrected chi connectivity index (χ1v) is 12.4. The normalized spacial score (nSPS) is 10.9. The van der Waals surface area contributed by atoms with Crippen LogP contribution in [0.5, 0.6) is 5.75 Å². The van der Waals surface area contributed by atoms with Crippen LogP contribution >= 0.6 is 23.1 Å². The van der Waals surface area contributed by atoms with Gasteiger partial charge in [0.1, 0.15) is 11.6 Å². The van der Waals surface area contributed by atoms with Crippen LogP contribution < -0.4 is 10.1 Å². The number of carbonyl (C=O) groups is 1. The number of amides is 1. The molecule has 7 nitrogen and oxygen atoms in total. The second kappa shape index (κ2) is 10.6. The molecule has 0 saturated heterocycles. The van der Waals surface area contributed by atoms with Crippen LogP contribution in [0, 0.1) is 13.8 Å². The maximum absolute atomic E-state index is 12.4. The Hall–Kier alpha value is -3.17. The number of carbonyl (C=O) groups excluding carboxylic acids is 1. The van der Waals surface area contributed by atoms with Gasteiger partial charge in [0.05, 0.1) is 23.6 Å². The van der Waals surface area contributed by atoms with Crippen molar-refractivity contribution in [1.82, 2.24) is 25.1 Å². The van der Waals surface area contributed by atoms with Gasteiger partial charge in [-0.1, -0.05) is 36.0 Å². The van der Waals surface area contributed by atoms with Crippen molar-refractivity contribution in [3.8, 4) is 22.7 Å². The molecule has 0 spiro atoms. The monoisotopic (exact) mass is 479 g/mol. The van der Waals surface area contributed by atoms with Crippen molar-refractivity contribution in [2.24, 2.45) is 0 Å². The van der Waals surface area contributed by atoms with Crippen molar-refractivity contribution in [1.29, 1.82) is 0 Å². The van der Waals surface area contributed by atoms with Gasteiger partial charge in [0.15, 0.2) is 5.16 Å². The predicted octanol–water partition coefficient (Wildman–Crippen LogP) is 4.47. The average molecular weight is 480 g/mol. The van der Waals surface area contributed by atoms with Crippen molar-refractivity contribution in [3.05, 3.63) is 70.3 Å². The van der Waals surface area contributed by atoms with Crippen molar-refractivity contribution >= 4 is 29.0 Å². The molecule has 0 aliphatic rings. The van der Waals surface area contributed by atoms with E-state index in [4.69, 9.17) is 4.74 Å². The van der Waals surface area contributed by atoms with E-state index >= 15 is 0 Å². The summed E-state index contributed by atoms with van der Waals surface area (Å²) < 4.78 is 7.15. The van der Waals surface area contributed by atoms with Crippen LogP contribution in [-0.2, 0) is 11.2 Å². The highest BCUT2D eigenvalue weighted by Crippen LogP contribution is 2.24. The lowest BCUT2D eigenvalue weighted by Crippen LogP contribution is -2.27. The summed E-state index contributed by atoms with van der Waals surface area (Å²) in [5, 5.41) is 15.2. The Morgan fingerprint density at radius 1 is 1.09 bits per heavy atom. The summed E-state index contributed by atoms with van der Waals surface area (Å²) in [4.78, 5) is 16.9. The van der Waals surface area contributed by atoms with E-state index < -0.39 is 0 Å². The zero-order valence-electron chi connectivity index (χ0n) is 18.7. The minimum Gasteiger partial charge on any atom is -0.497 e. The van der Waals surface area contributed by atoms with E-state index in [9.17, 15) is 4.79 Å². The quantitative estimate of drug-likeness (QED) is 0.357. The molecule has 1 N–H and O–H groups in total. The number of rotatable bonds is 9. The maximum Gasteiger partial charge on any atom is 0.230 e. The lowest BCUT2D eigenvalue weighted by atomic mass is 10.1. The molecule has 9 heteroatoms. The number of methoxy groups -OCH3 is 1. The lowest BCUT2D eigenvalue weighted by Gasteiger charge is -2.09. The number of thiazole rings is 1. The second-order valence-corrected chi connectivity index (χ2v) is 9.41. The molecule has 0 fully saturated rings. The molecule has 0 aliphatic heterocycles. The van der Waals surface area contributed by atoms with Gasteiger partial charge in [0.2, 0.25) is 5.91 Å². The summed E-state index contributed by atoms with van der Waals surface area (Å²) in [6.07, 6.45) is 0.772. The standard InChI is InChI=1S/C24H25N5O2S2/c1-16-27-28-24(29(16)20-8-10-21(31-3)11-9-20)33-15-23(30)25-13-12-18-4-6-19(7-5-18)22-14-32-17(2)26-22/h4-11,14H,12-13,15H2,1-3H3,(H,25,30). The van der Waals surface area contributed by atoms with E-state index in [-0.39, 0.29) is 11.7 Å². The lowest BCUT2D eigenvalue weighted by molar-refractivity contribution is -0.118. The third kappa shape index (κ3) is 5.80. The number of aryl methyl sites for hydroxylation is 2. The summed E-state index contributed by atoms with van der Waals surface area (Å²) in [6.45, 7) is 4.48. The first kappa shape index (κ1) is 23.0. The highest BCUT2D eigenvalue weighted by Gasteiger charge is 2.13. The Kier molecular flexibility index (Phi) is 7.41. The molecule has 0 saturated carbocycles. The Balaban J connectivity index is 1.27. The minimum absolute atomic E-state index is 0.0310. The Morgan fingerprint density at radius 2 is 1.85 bits per heavy atom. The molecule has 4 rings (SSSR count). The molecule has 2 aromatic carbocycles. The van der Waals surface area contributed by atoms with Crippen molar-refractivity contribution in [2.45, 2.75) is 25.4 Å². The highest BCUT2D eigenvalue weighted by molar-refractivity contribution is 7.99. The fraction of sp³-hybridized carbons (Fsp3) is 0.250.